The average Bonchev–Trinajstić information content (AvgIpc) is 2.51. The predicted molar refractivity (Wildman–Crippen MR) is 57.2 cm³/mol. The van der Waals surface area contributed by atoms with Crippen molar-refractivity contribution in [2.45, 2.75) is 0 Å². The molecule has 0 aliphatic carbocycles. The summed E-state index contributed by atoms with van der Waals surface area (Å²) in [5.41, 5.74) is 0.405. The number of imide groups is 1. The summed E-state index contributed by atoms with van der Waals surface area (Å²) in [5.74, 6) is -1.73. The van der Waals surface area contributed by atoms with Crippen LogP contribution in [0, 0.1) is 5.82 Å². The molecule has 1 aromatic carbocycles. The topological polar surface area (TPSA) is 66.4 Å². The molecule has 2 amide bonds. The van der Waals surface area contributed by atoms with Crippen molar-refractivity contribution in [3.8, 4) is 5.75 Å². The highest BCUT2D eigenvalue weighted by Crippen LogP contribution is 2.26. The zero-order chi connectivity index (χ0) is 11.7. The molecular weight excluding hydrogens is 233 g/mol. The summed E-state index contributed by atoms with van der Waals surface area (Å²) in [6.45, 7) is 0. The Morgan fingerprint density at radius 2 is 2.12 bits per heavy atom. The minimum atomic E-state index is -0.774. The summed E-state index contributed by atoms with van der Waals surface area (Å²) < 4.78 is 13.0. The molecule has 1 aliphatic heterocycles. The monoisotopic (exact) mass is 239 g/mol. The Bertz CT molecular complexity index is 513. The van der Waals surface area contributed by atoms with Gasteiger partial charge in [-0.05, 0) is 35.5 Å². The summed E-state index contributed by atoms with van der Waals surface area (Å²) in [5, 5.41) is 10.6. The molecule has 1 fully saturated rings. The minimum absolute atomic E-state index is 0.204. The van der Waals surface area contributed by atoms with Crippen LogP contribution in [-0.4, -0.2) is 16.3 Å². The van der Waals surface area contributed by atoms with E-state index >= 15 is 0 Å². The summed E-state index contributed by atoms with van der Waals surface area (Å²) in [7, 11) is 0. The molecule has 2 rings (SSSR count). The molecule has 16 heavy (non-hydrogen) atoms. The van der Waals surface area contributed by atoms with E-state index in [1.165, 1.54) is 18.2 Å². The lowest BCUT2D eigenvalue weighted by Crippen LogP contribution is -2.17. The number of benzene rings is 1. The lowest BCUT2D eigenvalue weighted by molar-refractivity contribution is -0.115. The van der Waals surface area contributed by atoms with Crippen LogP contribution >= 0.6 is 11.8 Å². The van der Waals surface area contributed by atoms with Crippen LogP contribution in [0.3, 0.4) is 0 Å². The van der Waals surface area contributed by atoms with Crippen molar-refractivity contribution >= 4 is 29.0 Å². The Morgan fingerprint density at radius 1 is 1.38 bits per heavy atom. The van der Waals surface area contributed by atoms with E-state index in [9.17, 15) is 14.0 Å². The molecule has 0 unspecified atom stereocenters. The van der Waals surface area contributed by atoms with Gasteiger partial charge in [0.2, 0.25) is 0 Å². The second-order valence-electron chi connectivity index (χ2n) is 3.06. The van der Waals surface area contributed by atoms with E-state index in [1.54, 1.807) is 0 Å². The molecule has 0 spiro atoms. The highest BCUT2D eigenvalue weighted by atomic mass is 32.2. The molecule has 0 saturated carbocycles. The van der Waals surface area contributed by atoms with E-state index in [0.29, 0.717) is 5.56 Å². The molecule has 1 aliphatic rings. The van der Waals surface area contributed by atoms with Crippen molar-refractivity contribution in [1.29, 1.82) is 0 Å². The molecule has 1 aromatic rings. The first-order valence-electron chi connectivity index (χ1n) is 4.29. The molecule has 1 saturated heterocycles. The fraction of sp³-hybridized carbons (Fsp3) is 0. The summed E-state index contributed by atoms with van der Waals surface area (Å²) in [6, 6.07) is 3.71. The van der Waals surface area contributed by atoms with Gasteiger partial charge >= 0.3 is 0 Å². The summed E-state index contributed by atoms with van der Waals surface area (Å²) in [4.78, 5) is 22.2. The number of hydrogen-bond donors (Lipinski definition) is 2. The summed E-state index contributed by atoms with van der Waals surface area (Å²) >= 11 is 0.755. The molecule has 2 N–H and O–H groups in total. The van der Waals surface area contributed by atoms with E-state index in [-0.39, 0.29) is 4.91 Å². The van der Waals surface area contributed by atoms with Crippen LogP contribution in [0.2, 0.25) is 0 Å². The summed E-state index contributed by atoms with van der Waals surface area (Å²) in [6.07, 6.45) is 1.38. The maximum Gasteiger partial charge on any atom is 0.290 e. The van der Waals surface area contributed by atoms with Crippen LogP contribution in [0.1, 0.15) is 5.56 Å². The smallest absolute Gasteiger partial charge is 0.290 e. The first-order chi connectivity index (χ1) is 7.56. The van der Waals surface area contributed by atoms with E-state index in [2.05, 4.69) is 5.32 Å². The van der Waals surface area contributed by atoms with Crippen LogP contribution in [-0.2, 0) is 4.79 Å². The molecule has 82 valence electrons. The number of nitrogens with one attached hydrogen (secondary N) is 1. The van der Waals surface area contributed by atoms with E-state index in [0.717, 1.165) is 17.8 Å². The highest BCUT2D eigenvalue weighted by Gasteiger charge is 2.24. The molecular formula is C10H6FNO3S. The number of thioether (sulfide) groups is 1. The Hall–Kier alpha value is -1.82. The van der Waals surface area contributed by atoms with E-state index in [4.69, 9.17) is 5.11 Å². The van der Waals surface area contributed by atoms with Gasteiger partial charge < -0.3 is 5.11 Å². The molecule has 0 atom stereocenters. The zero-order valence-corrected chi connectivity index (χ0v) is 8.68. The first-order valence-corrected chi connectivity index (χ1v) is 5.11. The molecule has 0 bridgehead atoms. The van der Waals surface area contributed by atoms with Gasteiger partial charge in [-0.1, -0.05) is 6.07 Å². The second-order valence-corrected chi connectivity index (χ2v) is 4.08. The largest absolute Gasteiger partial charge is 0.505 e. The van der Waals surface area contributed by atoms with E-state index < -0.39 is 22.7 Å². The van der Waals surface area contributed by atoms with Gasteiger partial charge in [0.05, 0.1) is 4.91 Å². The fourth-order valence-electron chi connectivity index (χ4n) is 1.19. The quantitative estimate of drug-likeness (QED) is 0.734. The Balaban J connectivity index is 2.32. The Kier molecular flexibility index (Phi) is 2.66. The van der Waals surface area contributed by atoms with Crippen LogP contribution in [0.25, 0.3) is 6.08 Å². The predicted octanol–water partition coefficient (Wildman–Crippen LogP) is 1.86. The van der Waals surface area contributed by atoms with Crippen LogP contribution in [0.15, 0.2) is 23.1 Å². The van der Waals surface area contributed by atoms with Gasteiger partial charge in [0.1, 0.15) is 0 Å². The third-order valence-corrected chi connectivity index (χ3v) is 2.72. The number of phenolic OH excluding ortho intramolecular Hbond substituents is 1. The Labute approximate surface area is 94.2 Å². The fourth-order valence-corrected chi connectivity index (χ4v) is 1.87. The number of amides is 2. The van der Waals surface area contributed by atoms with Crippen LogP contribution in [0.5, 0.6) is 5.75 Å². The van der Waals surface area contributed by atoms with Gasteiger partial charge in [-0.15, -0.1) is 0 Å². The number of carbonyl (C=O) groups excluding carboxylic acids is 2. The Morgan fingerprint density at radius 3 is 2.69 bits per heavy atom. The second kappa shape index (κ2) is 3.97. The van der Waals surface area contributed by atoms with Gasteiger partial charge in [-0.25, -0.2) is 4.39 Å². The molecule has 6 heteroatoms. The number of phenols is 1. The average molecular weight is 239 g/mol. The van der Waals surface area contributed by atoms with Gasteiger partial charge in [0.25, 0.3) is 11.1 Å². The van der Waals surface area contributed by atoms with Crippen LogP contribution in [0.4, 0.5) is 9.18 Å². The van der Waals surface area contributed by atoms with Crippen molar-refractivity contribution < 1.29 is 19.1 Å². The van der Waals surface area contributed by atoms with Crippen LogP contribution < -0.4 is 5.32 Å². The number of carbonyl (C=O) groups is 2. The zero-order valence-electron chi connectivity index (χ0n) is 7.86. The number of hydrogen-bond acceptors (Lipinski definition) is 4. The third-order valence-electron chi connectivity index (χ3n) is 1.91. The highest BCUT2D eigenvalue weighted by molar-refractivity contribution is 8.18. The number of halogens is 1. The lowest BCUT2D eigenvalue weighted by atomic mass is 10.2. The molecule has 1 heterocycles. The maximum absolute atomic E-state index is 13.0. The SMILES string of the molecule is O=C1NC(=O)C(=Cc2ccc(O)c(F)c2)S1. The van der Waals surface area contributed by atoms with Gasteiger partial charge in [-0.2, -0.15) is 0 Å². The van der Waals surface area contributed by atoms with Gasteiger partial charge in [0.15, 0.2) is 11.6 Å². The van der Waals surface area contributed by atoms with Crippen molar-refractivity contribution in [2.75, 3.05) is 0 Å². The minimum Gasteiger partial charge on any atom is -0.505 e. The molecule has 0 aromatic heterocycles. The first kappa shape index (κ1) is 10.7. The normalized spacial score (nSPS) is 17.9. The van der Waals surface area contributed by atoms with Crippen molar-refractivity contribution in [1.82, 2.24) is 5.32 Å². The standard InChI is InChI=1S/C10H6FNO3S/c11-6-3-5(1-2-7(6)13)4-8-9(14)12-10(15)16-8/h1-4,13H,(H,12,14,15). The van der Waals surface area contributed by atoms with Crippen molar-refractivity contribution in [3.63, 3.8) is 0 Å². The van der Waals surface area contributed by atoms with Crippen molar-refractivity contribution in [2.24, 2.45) is 0 Å². The van der Waals surface area contributed by atoms with E-state index in [1.807, 2.05) is 0 Å². The third kappa shape index (κ3) is 2.06. The number of aromatic hydroxyl groups is 1. The molecule has 0 radical (unpaired) electrons. The number of rotatable bonds is 1. The van der Waals surface area contributed by atoms with Crippen molar-refractivity contribution in [3.05, 3.63) is 34.5 Å². The van der Waals surface area contributed by atoms with Gasteiger partial charge in [-0.3, -0.25) is 14.9 Å². The molecule has 4 nitrogen and oxygen atoms in total. The lowest BCUT2D eigenvalue weighted by Gasteiger charge is -1.97. The van der Waals surface area contributed by atoms with Gasteiger partial charge in [0, 0.05) is 0 Å². The maximum atomic E-state index is 13.0.